The first kappa shape index (κ1) is 13.7. The van der Waals surface area contributed by atoms with Gasteiger partial charge in [0, 0.05) is 31.3 Å². The van der Waals surface area contributed by atoms with Crippen LogP contribution in [0.1, 0.15) is 12.8 Å². The monoisotopic (exact) mass is 265 g/mol. The lowest BCUT2D eigenvalue weighted by Gasteiger charge is -2.34. The van der Waals surface area contributed by atoms with E-state index in [1.54, 1.807) is 7.11 Å². The number of aliphatic carboxylic acids is 1. The van der Waals surface area contributed by atoms with Gasteiger partial charge in [0.2, 0.25) is 0 Å². The minimum atomic E-state index is -0.776. The Hall–Kier alpha value is -1.75. The minimum Gasteiger partial charge on any atom is -0.497 e. The van der Waals surface area contributed by atoms with Gasteiger partial charge in [-0.25, -0.2) is 0 Å². The topological polar surface area (TPSA) is 59.0 Å². The Labute approximate surface area is 112 Å². The number of carboxylic acid groups (broad SMARTS) is 1. The first-order chi connectivity index (χ1) is 9.19. The van der Waals surface area contributed by atoms with Crippen molar-refractivity contribution in [3.05, 3.63) is 24.3 Å². The average Bonchev–Trinajstić information content (AvgIpc) is 2.45. The lowest BCUT2D eigenvalue weighted by Crippen LogP contribution is -2.42. The summed E-state index contributed by atoms with van der Waals surface area (Å²) in [7, 11) is 1.65. The largest absolute Gasteiger partial charge is 0.497 e. The van der Waals surface area contributed by atoms with Crippen LogP contribution in [0, 0.1) is 0 Å². The van der Waals surface area contributed by atoms with E-state index in [2.05, 4.69) is 4.90 Å². The van der Waals surface area contributed by atoms with E-state index in [0.29, 0.717) is 13.0 Å². The molecule has 1 fully saturated rings. The van der Waals surface area contributed by atoms with Crippen LogP contribution in [0.4, 0.5) is 5.69 Å². The van der Waals surface area contributed by atoms with E-state index in [9.17, 15) is 4.79 Å². The summed E-state index contributed by atoms with van der Waals surface area (Å²) in [6.07, 6.45) is 0.683. The second kappa shape index (κ2) is 6.43. The molecule has 5 nitrogen and oxygen atoms in total. The lowest BCUT2D eigenvalue weighted by molar-refractivity contribution is -0.137. The third-order valence-electron chi connectivity index (χ3n) is 3.24. The molecule has 0 amide bonds. The molecular weight excluding hydrogens is 246 g/mol. The number of morpholine rings is 1. The maximum absolute atomic E-state index is 10.6. The smallest absolute Gasteiger partial charge is 0.303 e. The molecule has 1 aliphatic rings. The normalized spacial score (nSPS) is 19.2. The number of carbonyl (C=O) groups is 1. The van der Waals surface area contributed by atoms with Crippen molar-refractivity contribution >= 4 is 11.7 Å². The maximum Gasteiger partial charge on any atom is 0.303 e. The number of hydrogen-bond acceptors (Lipinski definition) is 4. The SMILES string of the molecule is COc1cccc(N2CCOC(CCC(=O)O)C2)c1. The molecule has 1 N–H and O–H groups in total. The van der Waals surface area contributed by atoms with Gasteiger partial charge >= 0.3 is 5.97 Å². The molecule has 1 heterocycles. The van der Waals surface area contributed by atoms with E-state index in [0.717, 1.165) is 24.5 Å². The molecule has 1 atom stereocenters. The molecule has 1 aromatic rings. The summed E-state index contributed by atoms with van der Waals surface area (Å²) in [6.45, 7) is 2.17. The van der Waals surface area contributed by atoms with Gasteiger partial charge in [-0.1, -0.05) is 6.07 Å². The molecule has 1 aliphatic heterocycles. The highest BCUT2D eigenvalue weighted by Gasteiger charge is 2.21. The fraction of sp³-hybridized carbons (Fsp3) is 0.500. The van der Waals surface area contributed by atoms with E-state index >= 15 is 0 Å². The highest BCUT2D eigenvalue weighted by atomic mass is 16.5. The van der Waals surface area contributed by atoms with Gasteiger partial charge in [0.15, 0.2) is 0 Å². The average molecular weight is 265 g/mol. The van der Waals surface area contributed by atoms with Gasteiger partial charge < -0.3 is 19.5 Å². The van der Waals surface area contributed by atoms with E-state index in [1.807, 2.05) is 24.3 Å². The Morgan fingerprint density at radius 3 is 3.16 bits per heavy atom. The van der Waals surface area contributed by atoms with Crippen LogP contribution in [-0.2, 0) is 9.53 Å². The van der Waals surface area contributed by atoms with Crippen LogP contribution >= 0.6 is 0 Å². The maximum atomic E-state index is 10.6. The van der Waals surface area contributed by atoms with Crippen LogP contribution < -0.4 is 9.64 Å². The quantitative estimate of drug-likeness (QED) is 0.879. The molecule has 1 saturated heterocycles. The molecule has 104 valence electrons. The van der Waals surface area contributed by atoms with E-state index < -0.39 is 5.97 Å². The highest BCUT2D eigenvalue weighted by Crippen LogP contribution is 2.23. The van der Waals surface area contributed by atoms with Crippen LogP contribution in [0.25, 0.3) is 0 Å². The Bertz CT molecular complexity index is 435. The molecular formula is C14H19NO4. The summed E-state index contributed by atoms with van der Waals surface area (Å²) in [4.78, 5) is 12.8. The van der Waals surface area contributed by atoms with Crippen molar-refractivity contribution in [3.8, 4) is 5.75 Å². The van der Waals surface area contributed by atoms with E-state index in [1.165, 1.54) is 0 Å². The first-order valence-electron chi connectivity index (χ1n) is 6.41. The number of hydrogen-bond donors (Lipinski definition) is 1. The van der Waals surface area contributed by atoms with Gasteiger partial charge in [-0.3, -0.25) is 4.79 Å². The van der Waals surface area contributed by atoms with Gasteiger partial charge in [-0.15, -0.1) is 0 Å². The minimum absolute atomic E-state index is 0.0175. The molecule has 0 aliphatic carbocycles. The molecule has 1 aromatic carbocycles. The third kappa shape index (κ3) is 3.86. The molecule has 0 aromatic heterocycles. The number of anilines is 1. The third-order valence-corrected chi connectivity index (χ3v) is 3.24. The van der Waals surface area contributed by atoms with Crippen molar-refractivity contribution < 1.29 is 19.4 Å². The summed E-state index contributed by atoms with van der Waals surface area (Å²) in [5.41, 5.74) is 1.09. The number of methoxy groups -OCH3 is 1. The summed E-state index contributed by atoms with van der Waals surface area (Å²) in [6, 6.07) is 7.88. The van der Waals surface area contributed by atoms with Crippen LogP contribution in [0.3, 0.4) is 0 Å². The van der Waals surface area contributed by atoms with Crippen LogP contribution in [-0.4, -0.2) is 44.0 Å². The Kier molecular flexibility index (Phi) is 4.63. The zero-order valence-corrected chi connectivity index (χ0v) is 11.0. The molecule has 19 heavy (non-hydrogen) atoms. The number of benzene rings is 1. The van der Waals surface area contributed by atoms with Crippen molar-refractivity contribution in [2.45, 2.75) is 18.9 Å². The van der Waals surface area contributed by atoms with Gasteiger partial charge in [0.05, 0.1) is 19.8 Å². The molecule has 1 unspecified atom stereocenters. The molecule has 0 bridgehead atoms. The van der Waals surface area contributed by atoms with Crippen molar-refractivity contribution in [1.82, 2.24) is 0 Å². The fourth-order valence-electron chi connectivity index (χ4n) is 2.22. The highest BCUT2D eigenvalue weighted by molar-refractivity contribution is 5.66. The Balaban J connectivity index is 1.97. The van der Waals surface area contributed by atoms with E-state index in [-0.39, 0.29) is 12.5 Å². The van der Waals surface area contributed by atoms with Crippen molar-refractivity contribution in [2.24, 2.45) is 0 Å². The number of nitrogens with zero attached hydrogens (tertiary/aromatic N) is 1. The van der Waals surface area contributed by atoms with Crippen LogP contribution in [0.15, 0.2) is 24.3 Å². The Morgan fingerprint density at radius 1 is 1.58 bits per heavy atom. The molecule has 2 rings (SSSR count). The summed E-state index contributed by atoms with van der Waals surface area (Å²) in [5.74, 6) is 0.0492. The second-order valence-electron chi connectivity index (χ2n) is 4.57. The van der Waals surface area contributed by atoms with Gasteiger partial charge in [-0.2, -0.15) is 0 Å². The zero-order valence-electron chi connectivity index (χ0n) is 11.0. The van der Waals surface area contributed by atoms with Gasteiger partial charge in [0.1, 0.15) is 5.75 Å². The van der Waals surface area contributed by atoms with Crippen molar-refractivity contribution in [1.29, 1.82) is 0 Å². The van der Waals surface area contributed by atoms with Gasteiger partial charge in [-0.05, 0) is 18.6 Å². The van der Waals surface area contributed by atoms with Crippen molar-refractivity contribution in [3.63, 3.8) is 0 Å². The predicted molar refractivity (Wildman–Crippen MR) is 71.8 cm³/mol. The van der Waals surface area contributed by atoms with Gasteiger partial charge in [0.25, 0.3) is 0 Å². The van der Waals surface area contributed by atoms with Crippen molar-refractivity contribution in [2.75, 3.05) is 31.7 Å². The van der Waals surface area contributed by atoms with E-state index in [4.69, 9.17) is 14.6 Å². The predicted octanol–water partition coefficient (Wildman–Crippen LogP) is 1.77. The summed E-state index contributed by atoms with van der Waals surface area (Å²) < 4.78 is 10.8. The zero-order chi connectivity index (χ0) is 13.7. The number of rotatable bonds is 5. The van der Waals surface area contributed by atoms with Crippen LogP contribution in [0.2, 0.25) is 0 Å². The molecule has 0 radical (unpaired) electrons. The Morgan fingerprint density at radius 2 is 2.42 bits per heavy atom. The standard InChI is InChI=1S/C14H19NO4/c1-18-12-4-2-3-11(9-12)15-7-8-19-13(10-15)5-6-14(16)17/h2-4,9,13H,5-8,10H2,1H3,(H,16,17). The summed E-state index contributed by atoms with van der Waals surface area (Å²) >= 11 is 0. The number of ether oxygens (including phenoxy) is 2. The first-order valence-corrected chi connectivity index (χ1v) is 6.41. The summed E-state index contributed by atoms with van der Waals surface area (Å²) in [5, 5.41) is 8.71. The lowest BCUT2D eigenvalue weighted by atomic mass is 10.1. The second-order valence-corrected chi connectivity index (χ2v) is 4.57. The van der Waals surface area contributed by atoms with Crippen LogP contribution in [0.5, 0.6) is 5.75 Å². The fourth-order valence-corrected chi connectivity index (χ4v) is 2.22. The number of carboxylic acids is 1. The molecule has 0 saturated carbocycles. The molecule has 5 heteroatoms. The molecule has 0 spiro atoms.